The predicted molar refractivity (Wildman–Crippen MR) is 115 cm³/mol. The first kappa shape index (κ1) is 22.5. The zero-order valence-corrected chi connectivity index (χ0v) is 18.5. The van der Waals surface area contributed by atoms with Gasteiger partial charge < -0.3 is 28.8 Å². The second kappa shape index (κ2) is 10.2. The molecule has 0 radical (unpaired) electrons. The van der Waals surface area contributed by atoms with E-state index in [1.54, 1.807) is 38.4 Å². The third-order valence-corrected chi connectivity index (χ3v) is 5.62. The molecule has 0 unspecified atom stereocenters. The Morgan fingerprint density at radius 3 is 2.39 bits per heavy atom. The summed E-state index contributed by atoms with van der Waals surface area (Å²) >= 11 is 0. The molecule has 1 saturated heterocycles. The zero-order valence-electron chi connectivity index (χ0n) is 18.5. The van der Waals surface area contributed by atoms with E-state index < -0.39 is 5.92 Å². The molecule has 0 saturated carbocycles. The molecule has 2 aromatic rings. The molecule has 0 spiro atoms. The van der Waals surface area contributed by atoms with Gasteiger partial charge >= 0.3 is 0 Å². The van der Waals surface area contributed by atoms with E-state index in [1.165, 1.54) is 6.26 Å². The van der Waals surface area contributed by atoms with Crippen LogP contribution in [0.1, 0.15) is 41.8 Å². The van der Waals surface area contributed by atoms with Crippen molar-refractivity contribution in [1.29, 1.82) is 0 Å². The fourth-order valence-electron chi connectivity index (χ4n) is 3.96. The Balaban J connectivity index is 1.94. The van der Waals surface area contributed by atoms with Gasteiger partial charge in [-0.25, -0.2) is 0 Å². The summed E-state index contributed by atoms with van der Waals surface area (Å²) in [4.78, 5) is 27.6. The molecule has 2 heterocycles. The topological polar surface area (TPSA) is 90.2 Å². The van der Waals surface area contributed by atoms with Gasteiger partial charge in [-0.05, 0) is 36.2 Å². The van der Waals surface area contributed by atoms with Gasteiger partial charge in [0.05, 0.1) is 33.5 Å². The second-order valence-electron chi connectivity index (χ2n) is 7.50. The summed E-state index contributed by atoms with van der Waals surface area (Å²) in [5.41, 5.74) is 0.847. The molecule has 0 bridgehead atoms. The minimum atomic E-state index is -0.404. The molecule has 1 aliphatic heterocycles. The van der Waals surface area contributed by atoms with E-state index in [2.05, 4.69) is 12.2 Å². The molecule has 168 valence electrons. The molecule has 1 N–H and O–H groups in total. The van der Waals surface area contributed by atoms with E-state index in [-0.39, 0.29) is 23.5 Å². The van der Waals surface area contributed by atoms with Gasteiger partial charge in [0.15, 0.2) is 17.3 Å². The minimum Gasteiger partial charge on any atom is -0.493 e. The van der Waals surface area contributed by atoms with Crippen molar-refractivity contribution in [2.24, 2.45) is 5.92 Å². The molecular weight excluding hydrogens is 400 g/mol. The van der Waals surface area contributed by atoms with Crippen LogP contribution in [0, 0.1) is 5.92 Å². The summed E-state index contributed by atoms with van der Waals surface area (Å²) in [5.74, 6) is 0.839. The highest BCUT2D eigenvalue weighted by Crippen LogP contribution is 2.43. The lowest BCUT2D eigenvalue weighted by molar-refractivity contribution is -0.124. The van der Waals surface area contributed by atoms with Crippen molar-refractivity contribution in [2.45, 2.75) is 25.7 Å². The number of nitrogens with one attached hydrogen (secondary N) is 1. The molecular formula is C23H30N2O6. The molecule has 0 aliphatic carbocycles. The Labute approximate surface area is 182 Å². The van der Waals surface area contributed by atoms with Crippen LogP contribution >= 0.6 is 0 Å². The van der Waals surface area contributed by atoms with E-state index in [0.717, 1.165) is 18.4 Å². The third-order valence-electron chi connectivity index (χ3n) is 5.62. The first-order valence-corrected chi connectivity index (χ1v) is 10.4. The van der Waals surface area contributed by atoms with Gasteiger partial charge in [-0.15, -0.1) is 0 Å². The maximum Gasteiger partial charge on any atom is 0.289 e. The van der Waals surface area contributed by atoms with Gasteiger partial charge in [0.1, 0.15) is 0 Å². The average molecular weight is 431 g/mol. The van der Waals surface area contributed by atoms with Crippen LogP contribution in [0.15, 0.2) is 34.9 Å². The van der Waals surface area contributed by atoms with Crippen molar-refractivity contribution < 1.29 is 28.2 Å². The van der Waals surface area contributed by atoms with Gasteiger partial charge in [0, 0.05) is 25.6 Å². The third kappa shape index (κ3) is 4.78. The number of unbranched alkanes of at least 4 members (excludes halogenated alkanes) is 1. The van der Waals surface area contributed by atoms with Crippen LogP contribution in [0.3, 0.4) is 0 Å². The Kier molecular flexibility index (Phi) is 7.44. The summed E-state index contributed by atoms with van der Waals surface area (Å²) in [6.45, 7) is 3.37. The Hall–Kier alpha value is -3.16. The number of carbonyl (C=O) groups is 2. The molecule has 1 aromatic heterocycles. The largest absolute Gasteiger partial charge is 0.493 e. The van der Waals surface area contributed by atoms with Crippen molar-refractivity contribution in [1.82, 2.24) is 10.2 Å². The number of methoxy groups -OCH3 is 3. The number of hydrogen-bond donors (Lipinski definition) is 1. The van der Waals surface area contributed by atoms with E-state index in [1.807, 2.05) is 12.1 Å². The van der Waals surface area contributed by atoms with Gasteiger partial charge in [0.2, 0.25) is 11.7 Å². The summed E-state index contributed by atoms with van der Waals surface area (Å²) < 4.78 is 21.7. The predicted octanol–water partition coefficient (Wildman–Crippen LogP) is 3.08. The van der Waals surface area contributed by atoms with E-state index in [4.69, 9.17) is 18.6 Å². The van der Waals surface area contributed by atoms with Crippen LogP contribution < -0.4 is 19.5 Å². The zero-order chi connectivity index (χ0) is 22.4. The van der Waals surface area contributed by atoms with E-state index in [9.17, 15) is 9.59 Å². The van der Waals surface area contributed by atoms with Crippen LogP contribution in [0.25, 0.3) is 0 Å². The SMILES string of the molecule is CCCCNC(=O)[C@@H]1CN(C(=O)c2ccco2)C[C@@H]1c1cc(OC)c(OC)c(OC)c1. The molecule has 2 atom stereocenters. The number of rotatable bonds is 9. The van der Waals surface area contributed by atoms with Crippen LogP contribution in [0.5, 0.6) is 17.2 Å². The van der Waals surface area contributed by atoms with Crippen LogP contribution in [0.2, 0.25) is 0 Å². The lowest BCUT2D eigenvalue weighted by Gasteiger charge is -2.21. The molecule has 2 amide bonds. The fourth-order valence-corrected chi connectivity index (χ4v) is 3.96. The smallest absolute Gasteiger partial charge is 0.289 e. The van der Waals surface area contributed by atoms with Gasteiger partial charge in [-0.1, -0.05) is 13.3 Å². The van der Waals surface area contributed by atoms with Crippen molar-refractivity contribution >= 4 is 11.8 Å². The first-order chi connectivity index (χ1) is 15.0. The monoisotopic (exact) mass is 430 g/mol. The number of benzene rings is 1. The van der Waals surface area contributed by atoms with Crippen LogP contribution in [0.4, 0.5) is 0 Å². The average Bonchev–Trinajstić information content (AvgIpc) is 3.48. The van der Waals surface area contributed by atoms with Gasteiger partial charge in [-0.3, -0.25) is 9.59 Å². The molecule has 8 nitrogen and oxygen atoms in total. The number of hydrogen-bond acceptors (Lipinski definition) is 6. The van der Waals surface area contributed by atoms with Crippen molar-refractivity contribution in [3.05, 3.63) is 41.9 Å². The molecule has 31 heavy (non-hydrogen) atoms. The Morgan fingerprint density at radius 2 is 1.84 bits per heavy atom. The number of nitrogens with zero attached hydrogens (tertiary/aromatic N) is 1. The number of ether oxygens (including phenoxy) is 3. The van der Waals surface area contributed by atoms with Crippen molar-refractivity contribution in [3.8, 4) is 17.2 Å². The van der Waals surface area contributed by atoms with Crippen molar-refractivity contribution in [2.75, 3.05) is 41.0 Å². The van der Waals surface area contributed by atoms with Crippen molar-refractivity contribution in [3.63, 3.8) is 0 Å². The molecule has 1 fully saturated rings. The highest BCUT2D eigenvalue weighted by atomic mass is 16.5. The fraction of sp³-hybridized carbons (Fsp3) is 0.478. The normalized spacial score (nSPS) is 18.0. The lowest BCUT2D eigenvalue weighted by atomic mass is 9.88. The number of furan rings is 1. The number of carbonyl (C=O) groups excluding carboxylic acids is 2. The molecule has 8 heteroatoms. The van der Waals surface area contributed by atoms with E-state index in [0.29, 0.717) is 36.9 Å². The number of likely N-dealkylation sites (tertiary alicyclic amines) is 1. The van der Waals surface area contributed by atoms with E-state index >= 15 is 0 Å². The highest BCUT2D eigenvalue weighted by molar-refractivity contribution is 5.92. The molecule has 1 aliphatic rings. The van der Waals surface area contributed by atoms with Gasteiger partial charge in [0.25, 0.3) is 5.91 Å². The maximum atomic E-state index is 13.0. The first-order valence-electron chi connectivity index (χ1n) is 10.4. The Morgan fingerprint density at radius 1 is 1.13 bits per heavy atom. The summed E-state index contributed by atoms with van der Waals surface area (Å²) in [6, 6.07) is 7.00. The standard InChI is InChI=1S/C23H30N2O6/c1-5-6-9-24-22(26)17-14-25(23(27)18-8-7-10-31-18)13-16(17)15-11-19(28-2)21(30-4)20(12-15)29-3/h7-8,10-12,16-17H,5-6,9,13-14H2,1-4H3,(H,24,26)/t16-,17-/m1/s1. The lowest BCUT2D eigenvalue weighted by Crippen LogP contribution is -2.36. The van der Waals surface area contributed by atoms with Crippen LogP contribution in [-0.2, 0) is 4.79 Å². The molecule has 1 aromatic carbocycles. The minimum absolute atomic E-state index is 0.0676. The molecule has 3 rings (SSSR count). The number of amides is 2. The summed E-state index contributed by atoms with van der Waals surface area (Å²) in [6.07, 6.45) is 3.36. The summed E-state index contributed by atoms with van der Waals surface area (Å²) in [7, 11) is 4.65. The van der Waals surface area contributed by atoms with Crippen LogP contribution in [-0.4, -0.2) is 57.7 Å². The summed E-state index contributed by atoms with van der Waals surface area (Å²) in [5, 5.41) is 3.01. The maximum absolute atomic E-state index is 13.0. The Bertz CT molecular complexity index is 870. The second-order valence-corrected chi connectivity index (χ2v) is 7.50. The highest BCUT2D eigenvalue weighted by Gasteiger charge is 2.41. The quantitative estimate of drug-likeness (QED) is 0.615. The van der Waals surface area contributed by atoms with Gasteiger partial charge in [-0.2, -0.15) is 0 Å².